The molecule has 2 N–H and O–H groups in total. The highest BCUT2D eigenvalue weighted by Crippen LogP contribution is 2.15. The summed E-state index contributed by atoms with van der Waals surface area (Å²) in [5.41, 5.74) is 2.27. The van der Waals surface area contributed by atoms with Crippen molar-refractivity contribution in [2.45, 2.75) is 6.92 Å². The van der Waals surface area contributed by atoms with Gasteiger partial charge in [-0.2, -0.15) is 0 Å². The Morgan fingerprint density at radius 1 is 1.13 bits per heavy atom. The Bertz CT molecular complexity index is 931. The van der Waals surface area contributed by atoms with Crippen molar-refractivity contribution in [2.75, 3.05) is 12.4 Å². The number of nitrogens with zero attached hydrogens (tertiary/aromatic N) is 2. The number of benzene rings is 2. The molecule has 0 aliphatic heterocycles. The van der Waals surface area contributed by atoms with Crippen molar-refractivity contribution < 1.29 is 0 Å². The first-order valence-corrected chi connectivity index (χ1v) is 7.58. The Balaban J connectivity index is 2.06. The van der Waals surface area contributed by atoms with E-state index >= 15 is 0 Å². The molecule has 2 aromatic carbocycles. The molecule has 0 aliphatic carbocycles. The van der Waals surface area contributed by atoms with E-state index < -0.39 is 0 Å². The van der Waals surface area contributed by atoms with Crippen LogP contribution in [0.15, 0.2) is 53.3 Å². The van der Waals surface area contributed by atoms with Crippen LogP contribution in [0.3, 0.4) is 0 Å². The highest BCUT2D eigenvalue weighted by Gasteiger charge is 2.09. The van der Waals surface area contributed by atoms with Gasteiger partial charge in [0.2, 0.25) is 0 Å². The Hall–Kier alpha value is -2.73. The predicted molar refractivity (Wildman–Crippen MR) is 97.4 cm³/mol. The Kier molecular flexibility index (Phi) is 4.08. The predicted octanol–water partition coefficient (Wildman–Crippen LogP) is 2.61. The number of aromatic nitrogens is 2. The number of hydrogen-bond donors (Lipinski definition) is 2. The van der Waals surface area contributed by atoms with Gasteiger partial charge in [0.25, 0.3) is 5.56 Å². The molecule has 0 saturated heterocycles. The number of nitrogens with one attached hydrogen (secondary N) is 2. The molecule has 0 aliphatic rings. The number of anilines is 1. The molecule has 1 aromatic heterocycles. The highest BCUT2D eigenvalue weighted by molar-refractivity contribution is 7.80. The fourth-order valence-electron chi connectivity index (χ4n) is 2.44. The van der Waals surface area contributed by atoms with Gasteiger partial charge in [0.15, 0.2) is 5.11 Å². The normalized spacial score (nSPS) is 10.5. The third-order valence-corrected chi connectivity index (χ3v) is 3.86. The van der Waals surface area contributed by atoms with Crippen LogP contribution in [0.5, 0.6) is 0 Å². The maximum Gasteiger partial charge on any atom is 0.265 e. The number of para-hydroxylation sites is 1. The largest absolute Gasteiger partial charge is 0.366 e. The van der Waals surface area contributed by atoms with E-state index in [2.05, 4.69) is 15.6 Å². The van der Waals surface area contributed by atoms with E-state index in [4.69, 9.17) is 12.2 Å². The van der Waals surface area contributed by atoms with Crippen LogP contribution in [0.1, 0.15) is 5.82 Å². The zero-order chi connectivity index (χ0) is 16.4. The number of thiocarbonyl (C=S) groups is 1. The van der Waals surface area contributed by atoms with Crippen LogP contribution in [-0.4, -0.2) is 21.7 Å². The summed E-state index contributed by atoms with van der Waals surface area (Å²) in [6.07, 6.45) is 0. The first-order chi connectivity index (χ1) is 11.1. The Morgan fingerprint density at radius 2 is 1.83 bits per heavy atom. The number of hydrogen-bond acceptors (Lipinski definition) is 3. The van der Waals surface area contributed by atoms with Gasteiger partial charge in [-0.25, -0.2) is 4.98 Å². The van der Waals surface area contributed by atoms with Crippen molar-refractivity contribution in [1.82, 2.24) is 14.9 Å². The zero-order valence-electron chi connectivity index (χ0n) is 12.8. The molecule has 1 heterocycles. The number of aryl methyl sites for hydroxylation is 1. The summed E-state index contributed by atoms with van der Waals surface area (Å²) in [5, 5.41) is 7.05. The van der Waals surface area contributed by atoms with Crippen LogP contribution < -0.4 is 16.2 Å². The van der Waals surface area contributed by atoms with Crippen LogP contribution in [0, 0.1) is 6.92 Å². The van der Waals surface area contributed by atoms with Crippen molar-refractivity contribution in [2.24, 2.45) is 0 Å². The minimum Gasteiger partial charge on any atom is -0.366 e. The van der Waals surface area contributed by atoms with E-state index in [0.29, 0.717) is 21.8 Å². The summed E-state index contributed by atoms with van der Waals surface area (Å²) >= 11 is 5.07. The van der Waals surface area contributed by atoms with Gasteiger partial charge in [0, 0.05) is 12.7 Å². The average Bonchev–Trinajstić information content (AvgIpc) is 2.56. The molecular weight excluding hydrogens is 308 g/mol. The lowest BCUT2D eigenvalue weighted by Gasteiger charge is -2.12. The Morgan fingerprint density at radius 3 is 2.52 bits per heavy atom. The highest BCUT2D eigenvalue weighted by atomic mass is 32.1. The monoisotopic (exact) mass is 324 g/mol. The van der Waals surface area contributed by atoms with E-state index in [0.717, 1.165) is 11.4 Å². The maximum absolute atomic E-state index is 12.7. The summed E-state index contributed by atoms with van der Waals surface area (Å²) in [6.45, 7) is 1.83. The molecule has 0 bridgehead atoms. The molecule has 116 valence electrons. The third-order valence-electron chi connectivity index (χ3n) is 3.55. The first kappa shape index (κ1) is 15.2. The van der Waals surface area contributed by atoms with Gasteiger partial charge >= 0.3 is 0 Å². The molecule has 3 aromatic rings. The summed E-state index contributed by atoms with van der Waals surface area (Å²) in [5.74, 6) is 0.653. The second-order valence-electron chi connectivity index (χ2n) is 5.07. The summed E-state index contributed by atoms with van der Waals surface area (Å²) in [6, 6.07) is 14.8. The lowest BCUT2D eigenvalue weighted by atomic mass is 10.2. The molecule has 0 saturated carbocycles. The summed E-state index contributed by atoms with van der Waals surface area (Å²) in [4.78, 5) is 17.2. The minimum absolute atomic E-state index is 0.0699. The van der Waals surface area contributed by atoms with Gasteiger partial charge in [-0.3, -0.25) is 9.36 Å². The zero-order valence-corrected chi connectivity index (χ0v) is 13.6. The fraction of sp³-hybridized carbons (Fsp3) is 0.118. The van der Waals surface area contributed by atoms with Gasteiger partial charge in [-0.05, 0) is 55.5 Å². The molecule has 0 fully saturated rings. The number of fused-ring (bicyclic) bond motifs is 1. The number of rotatable bonds is 2. The molecule has 0 radical (unpaired) electrons. The Labute approximate surface area is 139 Å². The lowest BCUT2D eigenvalue weighted by molar-refractivity contribution is 0.895. The van der Waals surface area contributed by atoms with Gasteiger partial charge in [0.1, 0.15) is 5.82 Å². The van der Waals surface area contributed by atoms with Crippen LogP contribution in [0.4, 0.5) is 5.69 Å². The average molecular weight is 324 g/mol. The van der Waals surface area contributed by atoms with Crippen LogP contribution in [-0.2, 0) is 0 Å². The first-order valence-electron chi connectivity index (χ1n) is 7.17. The van der Waals surface area contributed by atoms with E-state index in [1.54, 1.807) is 17.7 Å². The van der Waals surface area contributed by atoms with Crippen molar-refractivity contribution in [1.29, 1.82) is 0 Å². The van der Waals surface area contributed by atoms with Crippen molar-refractivity contribution in [3.05, 3.63) is 64.7 Å². The molecule has 23 heavy (non-hydrogen) atoms. The summed E-state index contributed by atoms with van der Waals surface area (Å²) < 4.78 is 1.61. The topological polar surface area (TPSA) is 58.9 Å². The van der Waals surface area contributed by atoms with Gasteiger partial charge in [-0.15, -0.1) is 0 Å². The van der Waals surface area contributed by atoms with Crippen molar-refractivity contribution in [3.63, 3.8) is 0 Å². The van der Waals surface area contributed by atoms with Crippen LogP contribution in [0.2, 0.25) is 0 Å². The molecule has 0 spiro atoms. The molecule has 6 heteroatoms. The molecule has 5 nitrogen and oxygen atoms in total. The smallest absolute Gasteiger partial charge is 0.265 e. The third kappa shape index (κ3) is 2.93. The van der Waals surface area contributed by atoms with E-state index in [1.807, 2.05) is 49.4 Å². The van der Waals surface area contributed by atoms with Crippen LogP contribution >= 0.6 is 12.2 Å². The molecule has 0 unspecified atom stereocenters. The fourth-order valence-corrected chi connectivity index (χ4v) is 2.55. The molecule has 0 atom stereocenters. The van der Waals surface area contributed by atoms with Gasteiger partial charge < -0.3 is 10.6 Å². The van der Waals surface area contributed by atoms with Gasteiger partial charge in [0.05, 0.1) is 16.6 Å². The minimum atomic E-state index is -0.0699. The van der Waals surface area contributed by atoms with Crippen molar-refractivity contribution >= 4 is 33.9 Å². The van der Waals surface area contributed by atoms with Gasteiger partial charge in [-0.1, -0.05) is 12.1 Å². The summed E-state index contributed by atoms with van der Waals surface area (Å²) in [7, 11) is 1.76. The molecular formula is C17H16N4OS. The van der Waals surface area contributed by atoms with E-state index in [-0.39, 0.29) is 5.56 Å². The SMILES string of the molecule is CNC(=S)Nc1ccc(-n2c(C)nc3ccccc3c2=O)cc1. The molecule has 3 rings (SSSR count). The van der Waals surface area contributed by atoms with E-state index in [9.17, 15) is 4.79 Å². The second kappa shape index (κ2) is 6.18. The molecule has 0 amide bonds. The standard InChI is InChI=1S/C17H16N4OS/c1-11-19-15-6-4-3-5-14(15)16(22)21(11)13-9-7-12(8-10-13)20-17(23)18-2/h3-10H,1-2H3,(H2,18,20,23). The second-order valence-corrected chi connectivity index (χ2v) is 5.48. The van der Waals surface area contributed by atoms with Crippen LogP contribution in [0.25, 0.3) is 16.6 Å². The van der Waals surface area contributed by atoms with Crippen molar-refractivity contribution in [3.8, 4) is 5.69 Å². The van der Waals surface area contributed by atoms with E-state index in [1.165, 1.54) is 0 Å². The quantitative estimate of drug-likeness (QED) is 0.710. The maximum atomic E-state index is 12.7. The lowest BCUT2D eigenvalue weighted by Crippen LogP contribution is -2.24.